The smallest absolute Gasteiger partial charge is 0.0549 e. The monoisotopic (exact) mass is 628 g/mol. The van der Waals surface area contributed by atoms with Crippen molar-refractivity contribution in [1.29, 1.82) is 0 Å². The highest BCUT2D eigenvalue weighted by atomic mass is 31.2. The van der Waals surface area contributed by atoms with Crippen molar-refractivity contribution in [3.05, 3.63) is 182 Å². The summed E-state index contributed by atoms with van der Waals surface area (Å²) in [7, 11) is 0.633. The molecule has 0 aromatic heterocycles. The topological polar surface area (TPSA) is 0 Å². The number of hydrogen-bond donors (Lipinski definition) is 0. The molecule has 0 bridgehead atoms. The van der Waals surface area contributed by atoms with Crippen molar-refractivity contribution < 1.29 is 0 Å². The van der Waals surface area contributed by atoms with Gasteiger partial charge in [-0.15, -0.1) is 9.24 Å². The van der Waals surface area contributed by atoms with Gasteiger partial charge in [0.1, 0.15) is 0 Å². The van der Waals surface area contributed by atoms with Crippen LogP contribution in [0.15, 0.2) is 182 Å². The molecule has 0 spiro atoms. The van der Waals surface area contributed by atoms with Crippen LogP contribution in [0.3, 0.4) is 0 Å². The molecule has 0 aliphatic carbocycles. The van der Waals surface area contributed by atoms with Gasteiger partial charge in [0, 0.05) is 0 Å². The Balaban J connectivity index is 1.80. The molecule has 6 aromatic carbocycles. The van der Waals surface area contributed by atoms with E-state index in [2.05, 4.69) is 191 Å². The SMILES string of the molecule is PCCC(P(c1ccccc1)c1ccccc1)(P(c1ccccc1)c1ccccc1)P(c1ccccc1)c1ccccc1. The minimum absolute atomic E-state index is 0.101. The second-order valence-electron chi connectivity index (χ2n) is 10.3. The Morgan fingerprint density at radius 3 is 0.674 bits per heavy atom. The van der Waals surface area contributed by atoms with Crippen molar-refractivity contribution in [2.45, 2.75) is 11.1 Å². The Morgan fingerprint density at radius 2 is 0.512 bits per heavy atom. The van der Waals surface area contributed by atoms with Gasteiger partial charge in [0.25, 0.3) is 0 Å². The largest absolute Gasteiger partial charge is 0.138 e. The van der Waals surface area contributed by atoms with Crippen LogP contribution in [-0.4, -0.2) is 10.8 Å². The molecule has 1 atom stereocenters. The predicted octanol–water partition coefficient (Wildman–Crippen LogP) is 8.30. The third-order valence-electron chi connectivity index (χ3n) is 7.64. The van der Waals surface area contributed by atoms with Crippen molar-refractivity contribution in [1.82, 2.24) is 0 Å². The number of benzene rings is 6. The van der Waals surface area contributed by atoms with E-state index in [1.807, 2.05) is 0 Å². The van der Waals surface area contributed by atoms with Crippen molar-refractivity contribution >= 4 is 64.8 Å². The summed E-state index contributed by atoms with van der Waals surface area (Å²) in [4.78, 5) is 0. The molecule has 0 saturated carbocycles. The predicted molar refractivity (Wildman–Crippen MR) is 199 cm³/mol. The molecule has 0 amide bonds. The van der Waals surface area contributed by atoms with Gasteiger partial charge in [-0.3, -0.25) is 0 Å². The molecule has 6 rings (SSSR count). The van der Waals surface area contributed by atoms with E-state index in [0.717, 1.165) is 12.6 Å². The molecule has 0 aliphatic rings. The van der Waals surface area contributed by atoms with Gasteiger partial charge in [-0.05, 0) is 68.2 Å². The van der Waals surface area contributed by atoms with Crippen LogP contribution < -0.4 is 31.8 Å². The summed E-state index contributed by atoms with van der Waals surface area (Å²) >= 11 is 0. The van der Waals surface area contributed by atoms with Gasteiger partial charge in [-0.2, -0.15) is 0 Å². The summed E-state index contributed by atoms with van der Waals surface area (Å²) in [6, 6.07) is 68.5. The molecule has 0 fully saturated rings. The van der Waals surface area contributed by atoms with Gasteiger partial charge < -0.3 is 0 Å². The van der Waals surface area contributed by atoms with Gasteiger partial charge in [0.2, 0.25) is 0 Å². The molecule has 0 nitrogen and oxygen atoms in total. The maximum absolute atomic E-state index is 3.13. The highest BCUT2D eigenvalue weighted by Gasteiger charge is 2.53. The molecule has 212 valence electrons. The first-order chi connectivity index (χ1) is 21.3. The minimum atomic E-state index is -0.833. The molecule has 0 heterocycles. The van der Waals surface area contributed by atoms with Gasteiger partial charge in [-0.25, -0.2) is 0 Å². The lowest BCUT2D eigenvalue weighted by molar-refractivity contribution is 0.998. The first kappa shape index (κ1) is 30.1. The van der Waals surface area contributed by atoms with Crippen LogP contribution in [0.1, 0.15) is 6.42 Å². The Labute approximate surface area is 263 Å². The molecule has 6 aromatic rings. The summed E-state index contributed by atoms with van der Waals surface area (Å²) in [5.74, 6) is 0. The highest BCUT2D eigenvalue weighted by molar-refractivity contribution is 8.05. The van der Waals surface area contributed by atoms with E-state index in [-0.39, 0.29) is 4.64 Å². The molecule has 0 saturated heterocycles. The second kappa shape index (κ2) is 14.7. The van der Waals surface area contributed by atoms with Gasteiger partial charge in [-0.1, -0.05) is 182 Å². The van der Waals surface area contributed by atoms with Gasteiger partial charge in [0.15, 0.2) is 0 Å². The zero-order valence-corrected chi connectivity index (χ0v) is 28.0. The molecule has 1 unspecified atom stereocenters. The van der Waals surface area contributed by atoms with Crippen molar-refractivity contribution in [2.75, 3.05) is 6.16 Å². The lowest BCUT2D eigenvalue weighted by Gasteiger charge is -2.53. The minimum Gasteiger partial charge on any atom is -0.138 e. The quantitative estimate of drug-likeness (QED) is 0.127. The third-order valence-corrected chi connectivity index (χ3v) is 19.2. The molecule has 4 heteroatoms. The first-order valence-corrected chi connectivity index (χ1v) is 19.6. The van der Waals surface area contributed by atoms with Crippen LogP contribution in [0.5, 0.6) is 0 Å². The van der Waals surface area contributed by atoms with Crippen molar-refractivity contribution in [2.24, 2.45) is 0 Å². The van der Waals surface area contributed by atoms with Crippen LogP contribution in [0.25, 0.3) is 0 Å². The van der Waals surface area contributed by atoms with Crippen molar-refractivity contribution in [3.8, 4) is 0 Å². The van der Waals surface area contributed by atoms with Crippen LogP contribution in [0.2, 0.25) is 0 Å². The lowest BCUT2D eigenvalue weighted by Crippen LogP contribution is -2.42. The zero-order valence-electron chi connectivity index (χ0n) is 24.2. The van der Waals surface area contributed by atoms with E-state index in [4.69, 9.17) is 0 Å². The van der Waals surface area contributed by atoms with Gasteiger partial charge >= 0.3 is 0 Å². The fraction of sp³-hybridized carbons (Fsp3) is 0.0769. The average Bonchev–Trinajstić information content (AvgIpc) is 3.08. The van der Waals surface area contributed by atoms with E-state index < -0.39 is 23.8 Å². The molecule has 0 N–H and O–H groups in total. The Hall–Kier alpha value is -2.96. The average molecular weight is 629 g/mol. The fourth-order valence-electron chi connectivity index (χ4n) is 5.98. The lowest BCUT2D eigenvalue weighted by atomic mass is 10.4. The summed E-state index contributed by atoms with van der Waals surface area (Å²) in [6.07, 6.45) is 2.10. The van der Waals surface area contributed by atoms with Crippen LogP contribution in [0, 0.1) is 0 Å². The molecule has 43 heavy (non-hydrogen) atoms. The fourth-order valence-corrected chi connectivity index (χ4v) is 21.0. The molecule has 0 radical (unpaired) electrons. The van der Waals surface area contributed by atoms with Crippen molar-refractivity contribution in [3.63, 3.8) is 0 Å². The van der Waals surface area contributed by atoms with Gasteiger partial charge in [0.05, 0.1) is 4.64 Å². The third kappa shape index (κ3) is 6.46. The molecular weight excluding hydrogens is 592 g/mol. The van der Waals surface area contributed by atoms with Crippen LogP contribution >= 0.6 is 33.0 Å². The van der Waals surface area contributed by atoms with E-state index in [9.17, 15) is 0 Å². The standard InChI is InChI=1S/C39H36P4/c40-32-31-39(41(33-19-7-1-8-20-33)34-21-9-2-10-22-34,42(35-23-11-3-12-24-35)36-25-13-4-14-26-36)43(37-27-15-5-16-28-37)38-29-17-6-18-30-38/h1-30H,31-32,40H2. The maximum Gasteiger partial charge on any atom is 0.0549 e. The second-order valence-corrected chi connectivity index (χ2v) is 19.4. The van der Waals surface area contributed by atoms with E-state index in [1.165, 1.54) is 31.8 Å². The Bertz CT molecular complexity index is 1340. The summed E-state index contributed by atoms with van der Waals surface area (Å²) in [5.41, 5.74) is 0. The summed E-state index contributed by atoms with van der Waals surface area (Å²) in [6.45, 7) is 0. The Kier molecular flexibility index (Phi) is 10.3. The summed E-state index contributed by atoms with van der Waals surface area (Å²) in [5, 5.41) is 8.67. The zero-order chi connectivity index (χ0) is 29.3. The van der Waals surface area contributed by atoms with Crippen LogP contribution in [0.4, 0.5) is 0 Å². The number of hydrogen-bond acceptors (Lipinski definition) is 0. The van der Waals surface area contributed by atoms with E-state index >= 15 is 0 Å². The first-order valence-electron chi connectivity index (χ1n) is 14.7. The highest BCUT2D eigenvalue weighted by Crippen LogP contribution is 2.79. The van der Waals surface area contributed by atoms with E-state index in [0.29, 0.717) is 0 Å². The maximum atomic E-state index is 3.13. The van der Waals surface area contributed by atoms with Crippen LogP contribution in [-0.2, 0) is 0 Å². The molecular formula is C39H36P4. The Morgan fingerprint density at radius 1 is 0.326 bits per heavy atom. The van der Waals surface area contributed by atoms with E-state index in [1.54, 1.807) is 0 Å². The molecule has 0 aliphatic heterocycles. The normalized spacial score (nSPS) is 11.7. The summed E-state index contributed by atoms with van der Waals surface area (Å²) < 4.78 is -0.101. The number of rotatable bonds is 11.